The first-order chi connectivity index (χ1) is 18.9. The largest absolute Gasteiger partial charge is 0.353 e. The van der Waals surface area contributed by atoms with Gasteiger partial charge in [0.1, 0.15) is 5.82 Å². The van der Waals surface area contributed by atoms with Gasteiger partial charge in [0.25, 0.3) is 0 Å². The maximum atomic E-state index is 14.0. The summed E-state index contributed by atoms with van der Waals surface area (Å²) in [5, 5.41) is 21.6. The van der Waals surface area contributed by atoms with E-state index in [4.69, 9.17) is 10.4 Å². The van der Waals surface area contributed by atoms with Crippen molar-refractivity contribution in [1.82, 2.24) is 10.3 Å². The smallest absolute Gasteiger partial charge is 0.220 e. The summed E-state index contributed by atoms with van der Waals surface area (Å²) in [5.74, 6) is -0.328. The fraction of sp³-hybridized carbons (Fsp3) is 0.344. The molecule has 1 unspecified atom stereocenters. The number of halogens is 1. The van der Waals surface area contributed by atoms with Gasteiger partial charge in [0, 0.05) is 29.0 Å². The highest BCUT2D eigenvalue weighted by atomic mass is 19.1. The van der Waals surface area contributed by atoms with E-state index in [2.05, 4.69) is 11.4 Å². The molecule has 0 bridgehead atoms. The van der Waals surface area contributed by atoms with E-state index in [0.717, 1.165) is 37.7 Å². The second kappa shape index (κ2) is 11.3. The van der Waals surface area contributed by atoms with E-state index in [1.807, 2.05) is 12.1 Å². The van der Waals surface area contributed by atoms with Crippen molar-refractivity contribution in [3.63, 3.8) is 0 Å². The van der Waals surface area contributed by atoms with Crippen LogP contribution in [0.3, 0.4) is 0 Å². The average molecular weight is 523 g/mol. The van der Waals surface area contributed by atoms with Crippen molar-refractivity contribution in [3.05, 3.63) is 88.9 Å². The summed E-state index contributed by atoms with van der Waals surface area (Å²) >= 11 is 0. The molecule has 2 aromatic carbocycles. The predicted molar refractivity (Wildman–Crippen MR) is 147 cm³/mol. The number of ketones is 1. The first-order valence-electron chi connectivity index (χ1n) is 13.6. The van der Waals surface area contributed by atoms with Crippen molar-refractivity contribution in [3.8, 4) is 17.3 Å². The molecular formula is C32H31FN4O2. The van der Waals surface area contributed by atoms with Crippen LogP contribution in [0.25, 0.3) is 11.3 Å². The molecule has 1 atom stereocenters. The van der Waals surface area contributed by atoms with Crippen LogP contribution in [0.1, 0.15) is 78.5 Å². The Balaban J connectivity index is 1.47. The number of nitrogens with one attached hydrogen (secondary N) is 2. The number of hydrogen-bond donors (Lipinski definition) is 2. The van der Waals surface area contributed by atoms with Crippen LogP contribution < -0.4 is 5.32 Å². The summed E-state index contributed by atoms with van der Waals surface area (Å²) < 4.78 is 13.7. The van der Waals surface area contributed by atoms with E-state index in [9.17, 15) is 19.2 Å². The molecule has 1 amide bonds. The summed E-state index contributed by atoms with van der Waals surface area (Å²) in [4.78, 5) is 30.9. The van der Waals surface area contributed by atoms with E-state index in [-0.39, 0.29) is 35.7 Å². The molecule has 6 nitrogen and oxygen atoms in total. The van der Waals surface area contributed by atoms with Crippen molar-refractivity contribution in [2.24, 2.45) is 5.41 Å². The third-order valence-corrected chi connectivity index (χ3v) is 7.85. The normalized spacial score (nSPS) is 17.9. The number of amides is 1. The van der Waals surface area contributed by atoms with Gasteiger partial charge in [0.2, 0.25) is 5.91 Å². The van der Waals surface area contributed by atoms with E-state index in [1.165, 1.54) is 12.1 Å². The number of Topliss-reactive ketones (excluding diaryl/α,β-unsaturated/α-hetero) is 1. The summed E-state index contributed by atoms with van der Waals surface area (Å²) in [6, 6.07) is 19.1. The Hall–Kier alpha value is -4.18. The lowest BCUT2D eigenvalue weighted by atomic mass is 9.85. The fourth-order valence-electron chi connectivity index (χ4n) is 5.54. The van der Waals surface area contributed by atoms with Gasteiger partial charge in [-0.2, -0.15) is 5.26 Å². The molecule has 5 rings (SSSR count). The van der Waals surface area contributed by atoms with Crippen molar-refractivity contribution >= 4 is 17.4 Å². The third kappa shape index (κ3) is 5.96. The number of carbonyl (C=O) groups excluding carboxylic acids is 2. The monoisotopic (exact) mass is 522 g/mol. The standard InChI is InChI=1S/C32H31FN4O2/c33-23-8-5-6-21(18-23)12-14-27(35)30-26(13-15-28(37-30)25-10-3-1-7-22(25)20-34)31(39)32(16-17-32)19-24-9-2-4-11-29(38)36-24/h1,3,5-8,10,13,15,18,24,35H,2,4,9,11-12,14,16-17,19H2,(H,36,38). The molecule has 3 aromatic rings. The summed E-state index contributed by atoms with van der Waals surface area (Å²) in [7, 11) is 0. The highest BCUT2D eigenvalue weighted by Crippen LogP contribution is 2.53. The molecule has 0 spiro atoms. The van der Waals surface area contributed by atoms with Crippen LogP contribution in [0, 0.1) is 28.0 Å². The van der Waals surface area contributed by atoms with Gasteiger partial charge < -0.3 is 10.7 Å². The maximum Gasteiger partial charge on any atom is 0.220 e. The van der Waals surface area contributed by atoms with Gasteiger partial charge in [0.05, 0.1) is 28.7 Å². The Bertz CT molecular complexity index is 1470. The molecule has 1 aliphatic heterocycles. The summed E-state index contributed by atoms with van der Waals surface area (Å²) in [6.45, 7) is 0. The molecule has 0 radical (unpaired) electrons. The predicted octanol–water partition coefficient (Wildman–Crippen LogP) is 6.17. The first-order valence-corrected chi connectivity index (χ1v) is 13.6. The van der Waals surface area contributed by atoms with Gasteiger partial charge >= 0.3 is 0 Å². The first kappa shape index (κ1) is 26.4. The molecule has 7 heteroatoms. The molecule has 1 saturated heterocycles. The van der Waals surface area contributed by atoms with Crippen molar-refractivity contribution in [2.45, 2.75) is 63.8 Å². The van der Waals surface area contributed by atoms with Gasteiger partial charge in [0.15, 0.2) is 5.78 Å². The van der Waals surface area contributed by atoms with Gasteiger partial charge in [-0.1, -0.05) is 36.8 Å². The molecule has 2 N–H and O–H groups in total. The number of hydrogen-bond acceptors (Lipinski definition) is 5. The number of benzene rings is 2. The van der Waals surface area contributed by atoms with E-state index >= 15 is 0 Å². The minimum Gasteiger partial charge on any atom is -0.353 e. The van der Waals surface area contributed by atoms with Gasteiger partial charge in [-0.3, -0.25) is 9.59 Å². The molecule has 39 heavy (non-hydrogen) atoms. The number of carbonyl (C=O) groups is 2. The van der Waals surface area contributed by atoms with E-state index < -0.39 is 5.41 Å². The highest BCUT2D eigenvalue weighted by Gasteiger charge is 2.51. The van der Waals surface area contributed by atoms with Gasteiger partial charge in [-0.05, 0) is 80.8 Å². The number of rotatable bonds is 9. The minimum absolute atomic E-state index is 0.0305. The van der Waals surface area contributed by atoms with Crippen molar-refractivity contribution in [1.29, 1.82) is 10.7 Å². The maximum absolute atomic E-state index is 14.0. The summed E-state index contributed by atoms with van der Waals surface area (Å²) in [6.07, 6.45) is 6.01. The van der Waals surface area contributed by atoms with Crippen LogP contribution in [0.2, 0.25) is 0 Å². The minimum atomic E-state index is -0.562. The molecule has 2 fully saturated rings. The lowest BCUT2D eigenvalue weighted by Gasteiger charge is -2.23. The molecule has 1 saturated carbocycles. The molecule has 2 aliphatic rings. The molecule has 1 aliphatic carbocycles. The second-order valence-electron chi connectivity index (χ2n) is 10.7. The topological polar surface area (TPSA) is 107 Å². The average Bonchev–Trinajstić information content (AvgIpc) is 3.76. The highest BCUT2D eigenvalue weighted by molar-refractivity contribution is 6.11. The zero-order valence-corrected chi connectivity index (χ0v) is 21.8. The SMILES string of the molecule is N#Cc1ccccc1-c1ccc(C(=O)C2(CC3CCCCC(=O)N3)CC2)c(C(=N)CCc2cccc(F)c2)n1. The van der Waals surface area contributed by atoms with Crippen molar-refractivity contribution < 1.29 is 14.0 Å². The lowest BCUT2D eigenvalue weighted by molar-refractivity contribution is -0.121. The molecule has 2 heterocycles. The van der Waals surface area contributed by atoms with Gasteiger partial charge in [-0.25, -0.2) is 9.37 Å². The van der Waals surface area contributed by atoms with Gasteiger partial charge in [-0.15, -0.1) is 0 Å². The van der Waals surface area contributed by atoms with Crippen LogP contribution in [0.5, 0.6) is 0 Å². The van der Waals surface area contributed by atoms with E-state index in [1.54, 1.807) is 36.4 Å². The van der Waals surface area contributed by atoms with Crippen LogP contribution in [0.15, 0.2) is 60.7 Å². The number of aryl methyl sites for hydroxylation is 1. The number of pyridine rings is 1. The lowest BCUT2D eigenvalue weighted by Crippen LogP contribution is -2.36. The number of aromatic nitrogens is 1. The Labute approximate surface area is 227 Å². The number of nitriles is 1. The van der Waals surface area contributed by atoms with Crippen molar-refractivity contribution in [2.75, 3.05) is 0 Å². The zero-order chi connectivity index (χ0) is 27.4. The zero-order valence-electron chi connectivity index (χ0n) is 21.8. The molecular weight excluding hydrogens is 491 g/mol. The third-order valence-electron chi connectivity index (χ3n) is 7.85. The Kier molecular flexibility index (Phi) is 7.65. The number of nitrogens with zero attached hydrogens (tertiary/aromatic N) is 2. The fourth-order valence-corrected chi connectivity index (χ4v) is 5.54. The van der Waals surface area contributed by atoms with E-state index in [0.29, 0.717) is 47.3 Å². The van der Waals surface area contributed by atoms with Crippen LogP contribution >= 0.6 is 0 Å². The second-order valence-corrected chi connectivity index (χ2v) is 10.7. The quantitative estimate of drug-likeness (QED) is 0.259. The molecule has 1 aromatic heterocycles. The Morgan fingerprint density at radius 3 is 2.72 bits per heavy atom. The Morgan fingerprint density at radius 1 is 1.13 bits per heavy atom. The molecule has 198 valence electrons. The van der Waals surface area contributed by atoms with Crippen LogP contribution in [0.4, 0.5) is 4.39 Å². The Morgan fingerprint density at radius 2 is 1.95 bits per heavy atom. The summed E-state index contributed by atoms with van der Waals surface area (Å²) in [5.41, 5.74) is 2.72. The van der Waals surface area contributed by atoms with Crippen LogP contribution in [-0.2, 0) is 11.2 Å². The van der Waals surface area contributed by atoms with Crippen LogP contribution in [-0.4, -0.2) is 28.4 Å².